The van der Waals surface area contributed by atoms with Crippen LogP contribution in [-0.2, 0) is 4.79 Å². The monoisotopic (exact) mass is 257 g/mol. The number of nitrogens with one attached hydrogen (secondary N) is 1. The summed E-state index contributed by atoms with van der Waals surface area (Å²) in [6.07, 6.45) is 0. The maximum Gasteiger partial charge on any atom is 0.246 e. The van der Waals surface area contributed by atoms with E-state index < -0.39 is 6.04 Å². The number of anilines is 1. The summed E-state index contributed by atoms with van der Waals surface area (Å²) >= 11 is 1.44. The van der Waals surface area contributed by atoms with Gasteiger partial charge in [-0.15, -0.1) is 11.3 Å². The van der Waals surface area contributed by atoms with Crippen molar-refractivity contribution in [2.75, 3.05) is 5.32 Å². The molecule has 3 N–H and O–H groups in total. The molecule has 90 valence electrons. The lowest BCUT2D eigenvalue weighted by atomic mass is 10.2. The van der Waals surface area contributed by atoms with Crippen LogP contribution in [0.3, 0.4) is 0 Å². The van der Waals surface area contributed by atoms with E-state index in [2.05, 4.69) is 5.32 Å². The summed E-state index contributed by atoms with van der Waals surface area (Å²) in [6.45, 7) is 0. The molecular weight excluding hydrogens is 246 g/mol. The number of nitrogens with zero attached hydrogens (tertiary/aromatic N) is 1. The van der Waals surface area contributed by atoms with Gasteiger partial charge in [0.1, 0.15) is 6.04 Å². The molecule has 1 unspecified atom stereocenters. The first-order valence-electron chi connectivity index (χ1n) is 5.30. The molecule has 0 aliphatic rings. The van der Waals surface area contributed by atoms with Crippen molar-refractivity contribution in [1.29, 1.82) is 5.26 Å². The molecule has 0 aliphatic heterocycles. The Morgan fingerprint density at radius 2 is 2.22 bits per heavy atom. The van der Waals surface area contributed by atoms with E-state index in [0.717, 1.165) is 4.88 Å². The smallest absolute Gasteiger partial charge is 0.246 e. The van der Waals surface area contributed by atoms with E-state index in [0.29, 0.717) is 11.3 Å². The van der Waals surface area contributed by atoms with Gasteiger partial charge < -0.3 is 11.1 Å². The second kappa shape index (κ2) is 5.45. The third-order valence-electron chi connectivity index (χ3n) is 2.39. The topological polar surface area (TPSA) is 78.9 Å². The standard InChI is InChI=1S/C13H11N3OS/c14-8-9-3-1-4-10(7-9)16-13(17)12(15)11-5-2-6-18-11/h1-7,12H,15H2,(H,16,17). The Morgan fingerprint density at radius 3 is 2.89 bits per heavy atom. The average Bonchev–Trinajstić information content (AvgIpc) is 2.92. The van der Waals surface area contributed by atoms with Crippen LogP contribution in [-0.4, -0.2) is 5.91 Å². The number of rotatable bonds is 3. The van der Waals surface area contributed by atoms with E-state index in [9.17, 15) is 4.79 Å². The number of hydrogen-bond donors (Lipinski definition) is 2. The van der Waals surface area contributed by atoms with Gasteiger partial charge in [-0.2, -0.15) is 5.26 Å². The molecule has 0 fully saturated rings. The summed E-state index contributed by atoms with van der Waals surface area (Å²) in [4.78, 5) is 12.7. The molecule has 1 aromatic carbocycles. The normalized spacial score (nSPS) is 11.6. The number of thiophene rings is 1. The van der Waals surface area contributed by atoms with Gasteiger partial charge >= 0.3 is 0 Å². The second-order valence-corrected chi connectivity index (χ2v) is 4.65. The van der Waals surface area contributed by atoms with E-state index in [1.165, 1.54) is 11.3 Å². The fraction of sp³-hybridized carbons (Fsp3) is 0.0769. The van der Waals surface area contributed by atoms with Gasteiger partial charge in [0.25, 0.3) is 0 Å². The third-order valence-corrected chi connectivity index (χ3v) is 3.35. The summed E-state index contributed by atoms with van der Waals surface area (Å²) in [5.41, 5.74) is 6.91. The van der Waals surface area contributed by atoms with E-state index in [1.807, 2.05) is 23.6 Å². The van der Waals surface area contributed by atoms with E-state index in [4.69, 9.17) is 11.0 Å². The van der Waals surface area contributed by atoms with Gasteiger partial charge in [-0.05, 0) is 29.6 Å². The van der Waals surface area contributed by atoms with Crippen molar-refractivity contribution in [3.8, 4) is 6.07 Å². The fourth-order valence-electron chi connectivity index (χ4n) is 1.48. The summed E-state index contributed by atoms with van der Waals surface area (Å²) in [6, 6.07) is 11.7. The molecule has 4 nitrogen and oxygen atoms in total. The van der Waals surface area contributed by atoms with Gasteiger partial charge in [0, 0.05) is 10.6 Å². The average molecular weight is 257 g/mol. The quantitative estimate of drug-likeness (QED) is 0.885. The molecular formula is C13H11N3OS. The van der Waals surface area contributed by atoms with Crippen LogP contribution in [0.25, 0.3) is 0 Å². The van der Waals surface area contributed by atoms with Crippen LogP contribution in [0, 0.1) is 11.3 Å². The zero-order valence-corrected chi connectivity index (χ0v) is 10.3. The largest absolute Gasteiger partial charge is 0.324 e. The molecule has 1 aromatic heterocycles. The molecule has 1 atom stereocenters. The van der Waals surface area contributed by atoms with Gasteiger partial charge in [0.15, 0.2) is 0 Å². The minimum Gasteiger partial charge on any atom is -0.324 e. The van der Waals surface area contributed by atoms with Crippen LogP contribution in [0.1, 0.15) is 16.5 Å². The third kappa shape index (κ3) is 2.74. The molecule has 0 bridgehead atoms. The first kappa shape index (κ1) is 12.3. The highest BCUT2D eigenvalue weighted by Crippen LogP contribution is 2.19. The van der Waals surface area contributed by atoms with Crippen molar-refractivity contribution < 1.29 is 4.79 Å². The summed E-state index contributed by atoms with van der Waals surface area (Å²) in [5, 5.41) is 13.3. The summed E-state index contributed by atoms with van der Waals surface area (Å²) < 4.78 is 0. The van der Waals surface area contributed by atoms with Gasteiger partial charge in [0.2, 0.25) is 5.91 Å². The Balaban J connectivity index is 2.09. The predicted molar refractivity (Wildman–Crippen MR) is 71.0 cm³/mol. The highest BCUT2D eigenvalue weighted by Gasteiger charge is 2.16. The Morgan fingerprint density at radius 1 is 1.39 bits per heavy atom. The molecule has 1 amide bonds. The molecule has 2 aromatic rings. The van der Waals surface area contributed by atoms with Crippen molar-refractivity contribution >= 4 is 22.9 Å². The van der Waals surface area contributed by atoms with Gasteiger partial charge in [-0.1, -0.05) is 12.1 Å². The number of nitrogens with two attached hydrogens (primary N) is 1. The van der Waals surface area contributed by atoms with Gasteiger partial charge in [-0.3, -0.25) is 4.79 Å². The minimum absolute atomic E-state index is 0.285. The molecule has 18 heavy (non-hydrogen) atoms. The summed E-state index contributed by atoms with van der Waals surface area (Å²) in [5.74, 6) is -0.285. The Hall–Kier alpha value is -2.16. The maximum atomic E-state index is 11.9. The molecule has 0 radical (unpaired) electrons. The van der Waals surface area contributed by atoms with Crippen LogP contribution in [0.4, 0.5) is 5.69 Å². The molecule has 0 saturated heterocycles. The van der Waals surface area contributed by atoms with Crippen molar-refractivity contribution in [3.05, 3.63) is 52.2 Å². The van der Waals surface area contributed by atoms with Crippen LogP contribution in [0.2, 0.25) is 0 Å². The molecule has 2 rings (SSSR count). The van der Waals surface area contributed by atoms with Crippen molar-refractivity contribution in [1.82, 2.24) is 0 Å². The Labute approximate surface area is 109 Å². The molecule has 0 spiro atoms. The van der Waals surface area contributed by atoms with Crippen LogP contribution in [0.5, 0.6) is 0 Å². The number of amides is 1. The van der Waals surface area contributed by atoms with E-state index in [-0.39, 0.29) is 5.91 Å². The number of benzene rings is 1. The Bertz CT molecular complexity index is 587. The maximum absolute atomic E-state index is 11.9. The van der Waals surface area contributed by atoms with E-state index >= 15 is 0 Å². The fourth-order valence-corrected chi connectivity index (χ4v) is 2.21. The minimum atomic E-state index is -0.684. The predicted octanol–water partition coefficient (Wildman–Crippen LogP) is 2.26. The molecule has 5 heteroatoms. The molecule has 1 heterocycles. The zero-order valence-electron chi connectivity index (χ0n) is 9.46. The van der Waals surface area contributed by atoms with Crippen molar-refractivity contribution in [2.45, 2.75) is 6.04 Å². The lowest BCUT2D eigenvalue weighted by molar-refractivity contribution is -0.117. The van der Waals surface area contributed by atoms with E-state index in [1.54, 1.807) is 24.3 Å². The number of hydrogen-bond acceptors (Lipinski definition) is 4. The lowest BCUT2D eigenvalue weighted by Crippen LogP contribution is -2.26. The first-order chi connectivity index (χ1) is 8.70. The van der Waals surface area contributed by atoms with Crippen LogP contribution in [0.15, 0.2) is 41.8 Å². The Kier molecular flexibility index (Phi) is 3.72. The number of nitriles is 1. The number of carbonyl (C=O) groups is 1. The van der Waals surface area contributed by atoms with Crippen LogP contribution >= 0.6 is 11.3 Å². The van der Waals surface area contributed by atoms with Gasteiger partial charge in [0.05, 0.1) is 11.6 Å². The summed E-state index contributed by atoms with van der Waals surface area (Å²) in [7, 11) is 0. The first-order valence-corrected chi connectivity index (χ1v) is 6.18. The van der Waals surface area contributed by atoms with Crippen molar-refractivity contribution in [3.63, 3.8) is 0 Å². The highest BCUT2D eigenvalue weighted by atomic mass is 32.1. The zero-order chi connectivity index (χ0) is 13.0. The number of carbonyl (C=O) groups excluding carboxylic acids is 1. The highest BCUT2D eigenvalue weighted by molar-refractivity contribution is 7.10. The molecule has 0 aliphatic carbocycles. The van der Waals surface area contributed by atoms with Crippen LogP contribution < -0.4 is 11.1 Å². The van der Waals surface area contributed by atoms with Crippen molar-refractivity contribution in [2.24, 2.45) is 5.73 Å². The molecule has 0 saturated carbocycles. The second-order valence-electron chi connectivity index (χ2n) is 3.67. The SMILES string of the molecule is N#Cc1cccc(NC(=O)C(N)c2cccs2)c1. The lowest BCUT2D eigenvalue weighted by Gasteiger charge is -2.10. The van der Waals surface area contributed by atoms with Gasteiger partial charge in [-0.25, -0.2) is 0 Å².